The maximum absolute atomic E-state index is 15.2. The molecule has 0 saturated heterocycles. The van der Waals surface area contributed by atoms with Crippen LogP contribution < -0.4 is 0 Å². The number of nitriles is 8. The molecule has 0 aliphatic heterocycles. The van der Waals surface area contributed by atoms with E-state index in [9.17, 15) is 42.1 Å². The van der Waals surface area contributed by atoms with E-state index in [0.29, 0.717) is 0 Å². The number of benzene rings is 2. The fraction of sp³-hybridized carbons (Fsp3) is 0. The van der Waals surface area contributed by atoms with Crippen molar-refractivity contribution >= 4 is 11.1 Å². The van der Waals surface area contributed by atoms with Crippen molar-refractivity contribution in [1.29, 1.82) is 42.1 Å². The van der Waals surface area contributed by atoms with Crippen LogP contribution in [0.1, 0.15) is 22.3 Å². The summed E-state index contributed by atoms with van der Waals surface area (Å²) in [6.07, 6.45) is 0. The first-order valence-corrected chi connectivity index (χ1v) is 10.9. The molecule has 0 radical (unpaired) electrons. The van der Waals surface area contributed by atoms with Crippen molar-refractivity contribution in [3.05, 3.63) is 115 Å². The number of halogens is 2. The predicted molar refractivity (Wildman–Crippen MR) is 131 cm³/mol. The molecule has 0 heterocycles. The van der Waals surface area contributed by atoms with Gasteiger partial charge in [0.15, 0.2) is 0 Å². The Morgan fingerprint density at radius 1 is 0.475 bits per heavy atom. The Morgan fingerprint density at radius 3 is 1.10 bits per heavy atom. The van der Waals surface area contributed by atoms with E-state index in [-0.39, 0.29) is 55.7 Å². The van der Waals surface area contributed by atoms with E-state index in [1.807, 2.05) is 24.3 Å². The Labute approximate surface area is 225 Å². The molecule has 40 heavy (non-hydrogen) atoms. The second kappa shape index (κ2) is 10.1. The lowest BCUT2D eigenvalue weighted by molar-refractivity contribution is 0.623. The Hall–Kier alpha value is -7.08. The summed E-state index contributed by atoms with van der Waals surface area (Å²) in [5.74, 6) is -1.87. The number of allylic oxidation sites excluding steroid dienone is 10. The molecule has 10 heteroatoms. The highest BCUT2D eigenvalue weighted by molar-refractivity contribution is 6.11. The highest BCUT2D eigenvalue weighted by Gasteiger charge is 2.45. The lowest BCUT2D eigenvalue weighted by Gasteiger charge is -2.16. The van der Waals surface area contributed by atoms with E-state index in [2.05, 4.69) is 0 Å². The first kappa shape index (κ1) is 26.0. The van der Waals surface area contributed by atoms with Crippen LogP contribution in [0, 0.1) is 102 Å². The Kier molecular flexibility index (Phi) is 6.58. The van der Waals surface area contributed by atoms with E-state index < -0.39 is 33.9 Å². The SMILES string of the molecule is N#CC(C#N)=C1C2=C(C(C#N)=C1c1cc(C#N)ccc1F)C(=C(C#N)C#N)C(c1cc(C#N)ccc1F)=C2C#N. The van der Waals surface area contributed by atoms with Gasteiger partial charge in [-0.2, -0.15) is 42.1 Å². The quantitative estimate of drug-likeness (QED) is 0.499. The third-order valence-corrected chi connectivity index (χ3v) is 6.15. The summed E-state index contributed by atoms with van der Waals surface area (Å²) in [7, 11) is 0. The van der Waals surface area contributed by atoms with Gasteiger partial charge in [0.1, 0.15) is 59.2 Å². The smallest absolute Gasteiger partial charge is 0.138 e. The van der Waals surface area contributed by atoms with Gasteiger partial charge >= 0.3 is 0 Å². The highest BCUT2D eigenvalue weighted by atomic mass is 19.1. The zero-order valence-electron chi connectivity index (χ0n) is 19.8. The highest BCUT2D eigenvalue weighted by Crippen LogP contribution is 2.57. The summed E-state index contributed by atoms with van der Waals surface area (Å²) in [5.41, 5.74) is -4.76. The Morgan fingerprint density at radius 2 is 0.825 bits per heavy atom. The number of rotatable bonds is 2. The molecular formula is C30H6F2N8. The van der Waals surface area contributed by atoms with E-state index in [1.165, 1.54) is 12.1 Å². The Bertz CT molecular complexity index is 1920. The Balaban J connectivity index is 2.30. The minimum Gasteiger partial charge on any atom is -0.206 e. The molecule has 0 unspecified atom stereocenters. The van der Waals surface area contributed by atoms with Crippen molar-refractivity contribution in [1.82, 2.24) is 0 Å². The minimum atomic E-state index is -0.933. The molecule has 0 saturated carbocycles. The van der Waals surface area contributed by atoms with Crippen molar-refractivity contribution in [2.45, 2.75) is 0 Å². The number of hydrogen-bond donors (Lipinski definition) is 0. The molecule has 2 aliphatic carbocycles. The molecule has 8 nitrogen and oxygen atoms in total. The monoisotopic (exact) mass is 516 g/mol. The van der Waals surface area contributed by atoms with E-state index >= 15 is 8.78 Å². The summed E-state index contributed by atoms with van der Waals surface area (Å²) in [5, 5.41) is 78.5. The summed E-state index contributed by atoms with van der Waals surface area (Å²) >= 11 is 0. The van der Waals surface area contributed by atoms with Gasteiger partial charge in [-0.25, -0.2) is 8.78 Å². The van der Waals surface area contributed by atoms with Crippen LogP contribution in [0.25, 0.3) is 11.1 Å². The van der Waals surface area contributed by atoms with Crippen molar-refractivity contribution in [3.8, 4) is 48.6 Å². The van der Waals surface area contributed by atoms with Gasteiger partial charge in [-0.1, -0.05) is 0 Å². The molecule has 0 aromatic heterocycles. The second-order valence-corrected chi connectivity index (χ2v) is 8.03. The number of nitrogens with zero attached hydrogens (tertiary/aromatic N) is 8. The molecule has 0 N–H and O–H groups in total. The van der Waals surface area contributed by atoms with Gasteiger partial charge in [0.2, 0.25) is 0 Å². The predicted octanol–water partition coefficient (Wildman–Crippen LogP) is 4.97. The molecule has 0 atom stereocenters. The van der Waals surface area contributed by atoms with Gasteiger partial charge in [-0.3, -0.25) is 0 Å². The van der Waals surface area contributed by atoms with Crippen molar-refractivity contribution in [3.63, 3.8) is 0 Å². The van der Waals surface area contributed by atoms with Crippen LogP contribution in [0.15, 0.2) is 81.0 Å². The van der Waals surface area contributed by atoms with Gasteiger partial charge in [0.05, 0.1) is 34.4 Å². The maximum Gasteiger partial charge on any atom is 0.138 e. The van der Waals surface area contributed by atoms with Crippen LogP contribution in [-0.4, -0.2) is 0 Å². The van der Waals surface area contributed by atoms with Gasteiger partial charge < -0.3 is 0 Å². The first-order valence-electron chi connectivity index (χ1n) is 10.9. The van der Waals surface area contributed by atoms with Crippen molar-refractivity contribution < 1.29 is 8.78 Å². The average Bonchev–Trinajstić information content (AvgIpc) is 3.47. The molecule has 4 rings (SSSR count). The topological polar surface area (TPSA) is 190 Å². The fourth-order valence-electron chi connectivity index (χ4n) is 4.61. The van der Waals surface area contributed by atoms with Gasteiger partial charge in [0, 0.05) is 44.6 Å². The maximum atomic E-state index is 15.2. The van der Waals surface area contributed by atoms with Crippen LogP contribution in [0.3, 0.4) is 0 Å². The van der Waals surface area contributed by atoms with Gasteiger partial charge in [-0.15, -0.1) is 0 Å². The van der Waals surface area contributed by atoms with Crippen LogP contribution in [0.2, 0.25) is 0 Å². The third-order valence-electron chi connectivity index (χ3n) is 6.15. The number of hydrogen-bond acceptors (Lipinski definition) is 8. The van der Waals surface area contributed by atoms with Gasteiger partial charge in [-0.05, 0) is 36.4 Å². The van der Waals surface area contributed by atoms with E-state index in [0.717, 1.165) is 24.3 Å². The molecule has 0 spiro atoms. The lowest BCUT2D eigenvalue weighted by atomic mass is 9.84. The molecular weight excluding hydrogens is 510 g/mol. The van der Waals surface area contributed by atoms with Gasteiger partial charge in [0.25, 0.3) is 0 Å². The lowest BCUT2D eigenvalue weighted by Crippen LogP contribution is -2.03. The zero-order valence-corrected chi connectivity index (χ0v) is 19.8. The molecule has 2 aromatic rings. The largest absolute Gasteiger partial charge is 0.206 e. The van der Waals surface area contributed by atoms with Crippen LogP contribution in [0.5, 0.6) is 0 Å². The molecule has 180 valence electrons. The molecule has 2 aromatic carbocycles. The summed E-state index contributed by atoms with van der Waals surface area (Å²) in [6, 6.07) is 20.4. The summed E-state index contributed by atoms with van der Waals surface area (Å²) in [6.45, 7) is 0. The van der Waals surface area contributed by atoms with E-state index in [1.54, 1.807) is 24.3 Å². The van der Waals surface area contributed by atoms with Crippen LogP contribution in [0.4, 0.5) is 8.78 Å². The zero-order chi connectivity index (χ0) is 29.1. The normalized spacial score (nSPS) is 13.2. The van der Waals surface area contributed by atoms with Crippen LogP contribution >= 0.6 is 0 Å². The molecule has 0 bridgehead atoms. The summed E-state index contributed by atoms with van der Waals surface area (Å²) < 4.78 is 30.4. The standard InChI is InChI=1S/C30H6F2N8/c31-23-3-1-15(7-33)5-19(23)27-21(13-39)29-26(18(11-37)12-38)28(20-6-16(8-34)2-4-24(20)32)22(14-40)30(29)25(27)17(9-35)10-36/h1-6H. The average molecular weight is 516 g/mol. The van der Waals surface area contributed by atoms with Crippen molar-refractivity contribution in [2.75, 3.05) is 0 Å². The first-order chi connectivity index (χ1) is 19.3. The summed E-state index contributed by atoms with van der Waals surface area (Å²) in [4.78, 5) is 0. The van der Waals surface area contributed by atoms with Crippen molar-refractivity contribution in [2.24, 2.45) is 0 Å². The molecule has 0 amide bonds. The van der Waals surface area contributed by atoms with E-state index in [4.69, 9.17) is 0 Å². The fourth-order valence-corrected chi connectivity index (χ4v) is 4.61. The third kappa shape index (κ3) is 3.66. The second-order valence-electron chi connectivity index (χ2n) is 8.03. The van der Waals surface area contributed by atoms with Crippen LogP contribution in [-0.2, 0) is 0 Å². The minimum absolute atomic E-state index is 0.0271. The molecule has 2 aliphatic rings. The molecule has 0 fully saturated rings.